The molecule has 1 amide bonds. The SMILES string of the molecule is O=C1NC(=Nc2ccccc2Cl)S/C1=C/c1cccc(OCc2ccc(Cl)cc2)c1. The van der Waals surface area contributed by atoms with E-state index in [1.165, 1.54) is 11.8 Å². The average molecular weight is 455 g/mol. The molecule has 3 aromatic rings. The van der Waals surface area contributed by atoms with Crippen LogP contribution in [0, 0.1) is 0 Å². The lowest BCUT2D eigenvalue weighted by atomic mass is 10.2. The van der Waals surface area contributed by atoms with Crippen LogP contribution in [0.2, 0.25) is 10.0 Å². The van der Waals surface area contributed by atoms with Gasteiger partial charge in [0.2, 0.25) is 0 Å². The van der Waals surface area contributed by atoms with Crippen molar-refractivity contribution in [2.45, 2.75) is 6.61 Å². The van der Waals surface area contributed by atoms with Gasteiger partial charge in [-0.15, -0.1) is 0 Å². The summed E-state index contributed by atoms with van der Waals surface area (Å²) in [5, 5.41) is 4.49. The predicted molar refractivity (Wildman–Crippen MR) is 124 cm³/mol. The number of carbonyl (C=O) groups is 1. The Bertz CT molecular complexity index is 1140. The van der Waals surface area contributed by atoms with Crippen molar-refractivity contribution in [3.8, 4) is 5.75 Å². The molecule has 1 heterocycles. The molecule has 4 rings (SSSR count). The topological polar surface area (TPSA) is 50.7 Å². The highest BCUT2D eigenvalue weighted by atomic mass is 35.5. The first-order chi connectivity index (χ1) is 14.6. The van der Waals surface area contributed by atoms with E-state index in [9.17, 15) is 4.79 Å². The third kappa shape index (κ3) is 5.25. The highest BCUT2D eigenvalue weighted by molar-refractivity contribution is 8.18. The Morgan fingerprint density at radius 1 is 1.00 bits per heavy atom. The lowest BCUT2D eigenvalue weighted by molar-refractivity contribution is -0.115. The van der Waals surface area contributed by atoms with Crippen molar-refractivity contribution in [2.24, 2.45) is 4.99 Å². The number of nitrogens with one attached hydrogen (secondary N) is 1. The highest BCUT2D eigenvalue weighted by Gasteiger charge is 2.24. The summed E-state index contributed by atoms with van der Waals surface area (Å²) in [6.45, 7) is 0.432. The van der Waals surface area contributed by atoms with Crippen molar-refractivity contribution in [3.63, 3.8) is 0 Å². The maximum Gasteiger partial charge on any atom is 0.264 e. The molecule has 30 heavy (non-hydrogen) atoms. The molecule has 0 saturated carbocycles. The first-order valence-electron chi connectivity index (χ1n) is 9.08. The molecule has 1 saturated heterocycles. The van der Waals surface area contributed by atoms with Gasteiger partial charge >= 0.3 is 0 Å². The van der Waals surface area contributed by atoms with Crippen LogP contribution in [0.5, 0.6) is 5.75 Å². The van der Waals surface area contributed by atoms with Gasteiger partial charge in [-0.25, -0.2) is 4.99 Å². The van der Waals surface area contributed by atoms with E-state index >= 15 is 0 Å². The van der Waals surface area contributed by atoms with Crippen molar-refractivity contribution in [1.29, 1.82) is 0 Å². The van der Waals surface area contributed by atoms with Crippen molar-refractivity contribution in [2.75, 3.05) is 0 Å². The number of benzene rings is 3. The maximum absolute atomic E-state index is 12.3. The number of hydrogen-bond acceptors (Lipinski definition) is 4. The minimum absolute atomic E-state index is 0.196. The van der Waals surface area contributed by atoms with Gasteiger partial charge in [0, 0.05) is 5.02 Å². The Hall–Kier alpha value is -2.73. The van der Waals surface area contributed by atoms with Gasteiger partial charge in [0.25, 0.3) is 5.91 Å². The molecule has 0 bridgehead atoms. The van der Waals surface area contributed by atoms with Gasteiger partial charge in [-0.05, 0) is 65.4 Å². The molecular formula is C23H16Cl2N2O2S. The van der Waals surface area contributed by atoms with Gasteiger partial charge in [0.15, 0.2) is 5.17 Å². The Labute approximate surface area is 188 Å². The molecule has 4 nitrogen and oxygen atoms in total. The summed E-state index contributed by atoms with van der Waals surface area (Å²) in [5.41, 5.74) is 2.50. The molecule has 1 N–H and O–H groups in total. The highest BCUT2D eigenvalue weighted by Crippen LogP contribution is 2.31. The molecular weight excluding hydrogens is 439 g/mol. The number of thioether (sulfide) groups is 1. The van der Waals surface area contributed by atoms with E-state index in [1.54, 1.807) is 12.1 Å². The number of para-hydroxylation sites is 1. The van der Waals surface area contributed by atoms with E-state index in [4.69, 9.17) is 27.9 Å². The van der Waals surface area contributed by atoms with Gasteiger partial charge in [-0.1, -0.05) is 59.6 Å². The zero-order valence-corrected chi connectivity index (χ0v) is 18.0. The number of hydrogen-bond donors (Lipinski definition) is 1. The van der Waals surface area contributed by atoms with Gasteiger partial charge in [0.05, 0.1) is 15.6 Å². The van der Waals surface area contributed by atoms with Crippen LogP contribution in [0.1, 0.15) is 11.1 Å². The Balaban J connectivity index is 1.46. The molecule has 1 fully saturated rings. The zero-order valence-electron chi connectivity index (χ0n) is 15.6. The van der Waals surface area contributed by atoms with E-state index in [-0.39, 0.29) is 5.91 Å². The molecule has 0 radical (unpaired) electrons. The third-order valence-corrected chi connectivity index (χ3v) is 5.68. The standard InChI is InChI=1S/C23H16Cl2N2O2S/c24-17-10-8-15(9-11-17)14-29-18-5-3-4-16(12-18)13-21-22(28)27-23(30-21)26-20-7-2-1-6-19(20)25/h1-13H,14H2,(H,26,27,28)/b21-13+. The van der Waals surface area contributed by atoms with Crippen LogP contribution >= 0.6 is 35.0 Å². The maximum atomic E-state index is 12.3. The number of aliphatic imine (C=N–C) groups is 1. The van der Waals surface area contributed by atoms with E-state index in [2.05, 4.69) is 10.3 Å². The van der Waals surface area contributed by atoms with Crippen LogP contribution in [-0.2, 0) is 11.4 Å². The predicted octanol–water partition coefficient (Wildman–Crippen LogP) is 6.46. The number of amides is 1. The minimum atomic E-state index is -0.196. The molecule has 150 valence electrons. The van der Waals surface area contributed by atoms with Crippen molar-refractivity contribution >= 4 is 57.8 Å². The van der Waals surface area contributed by atoms with Gasteiger partial charge < -0.3 is 10.1 Å². The van der Waals surface area contributed by atoms with Crippen LogP contribution in [0.25, 0.3) is 6.08 Å². The van der Waals surface area contributed by atoms with E-state index < -0.39 is 0 Å². The Kier molecular flexibility index (Phi) is 6.43. The monoisotopic (exact) mass is 454 g/mol. The number of amidine groups is 1. The minimum Gasteiger partial charge on any atom is -0.489 e. The number of carbonyl (C=O) groups excluding carboxylic acids is 1. The summed E-state index contributed by atoms with van der Waals surface area (Å²) in [7, 11) is 0. The molecule has 1 aliphatic rings. The first-order valence-corrected chi connectivity index (χ1v) is 10.7. The molecule has 7 heteroatoms. The molecule has 0 aliphatic carbocycles. The van der Waals surface area contributed by atoms with Gasteiger partial charge in [-0.2, -0.15) is 0 Å². The molecule has 0 spiro atoms. The normalized spacial score (nSPS) is 16.1. The van der Waals surface area contributed by atoms with Crippen LogP contribution in [0.3, 0.4) is 0 Å². The lowest BCUT2D eigenvalue weighted by Crippen LogP contribution is -2.19. The van der Waals surface area contributed by atoms with Gasteiger partial charge in [0.1, 0.15) is 12.4 Å². The summed E-state index contributed by atoms with van der Waals surface area (Å²) >= 11 is 13.3. The third-order valence-electron chi connectivity index (χ3n) is 4.20. The van der Waals surface area contributed by atoms with Crippen LogP contribution in [-0.4, -0.2) is 11.1 Å². The van der Waals surface area contributed by atoms with Crippen LogP contribution in [0.4, 0.5) is 5.69 Å². The van der Waals surface area contributed by atoms with Crippen molar-refractivity contribution in [3.05, 3.63) is 98.9 Å². The second-order valence-electron chi connectivity index (χ2n) is 6.42. The fourth-order valence-electron chi connectivity index (χ4n) is 2.73. The van der Waals surface area contributed by atoms with Gasteiger partial charge in [-0.3, -0.25) is 4.79 Å². The second kappa shape index (κ2) is 9.39. The van der Waals surface area contributed by atoms with E-state index in [0.29, 0.717) is 38.2 Å². The second-order valence-corrected chi connectivity index (χ2v) is 8.30. The van der Waals surface area contributed by atoms with E-state index in [0.717, 1.165) is 11.1 Å². The number of ether oxygens (including phenoxy) is 1. The smallest absolute Gasteiger partial charge is 0.264 e. The largest absolute Gasteiger partial charge is 0.489 e. The van der Waals surface area contributed by atoms with Crippen LogP contribution in [0.15, 0.2) is 82.7 Å². The molecule has 3 aromatic carbocycles. The molecule has 0 atom stereocenters. The summed E-state index contributed by atoms with van der Waals surface area (Å²) in [6.07, 6.45) is 1.81. The van der Waals surface area contributed by atoms with E-state index in [1.807, 2.05) is 66.7 Å². The number of rotatable bonds is 5. The lowest BCUT2D eigenvalue weighted by Gasteiger charge is -2.07. The molecule has 0 aromatic heterocycles. The summed E-state index contributed by atoms with van der Waals surface area (Å²) in [5.74, 6) is 0.519. The average Bonchev–Trinajstić information content (AvgIpc) is 3.08. The Morgan fingerprint density at radius 2 is 1.80 bits per heavy atom. The number of nitrogens with zero attached hydrogens (tertiary/aromatic N) is 1. The summed E-state index contributed by atoms with van der Waals surface area (Å²) in [4.78, 5) is 17.3. The fourth-order valence-corrected chi connectivity index (χ4v) is 3.86. The summed E-state index contributed by atoms with van der Waals surface area (Å²) < 4.78 is 5.86. The number of halogens is 2. The molecule has 1 aliphatic heterocycles. The zero-order chi connectivity index (χ0) is 20.9. The quantitative estimate of drug-likeness (QED) is 0.449. The Morgan fingerprint density at radius 3 is 2.60 bits per heavy atom. The fraction of sp³-hybridized carbons (Fsp3) is 0.0435. The first kappa shape index (κ1) is 20.5. The molecule has 0 unspecified atom stereocenters. The van der Waals surface area contributed by atoms with Crippen molar-refractivity contribution < 1.29 is 9.53 Å². The van der Waals surface area contributed by atoms with Crippen molar-refractivity contribution in [1.82, 2.24) is 5.32 Å². The summed E-state index contributed by atoms with van der Waals surface area (Å²) in [6, 6.07) is 22.3. The van der Waals surface area contributed by atoms with Crippen LogP contribution < -0.4 is 10.1 Å².